The molecule has 0 saturated carbocycles. The second-order valence-electron chi connectivity index (χ2n) is 7.26. The highest BCUT2D eigenvalue weighted by atomic mass is 32.2. The SMILES string of the molecule is Cc1ccc(-n2c(SCC(=O)Nc3ccc4c(c3)OCCO4)nnc2-c2cnccn2)cc1. The van der Waals surface area contributed by atoms with Crippen molar-refractivity contribution in [3.05, 3.63) is 66.6 Å². The number of hydrogen-bond acceptors (Lipinski definition) is 8. The number of nitrogens with one attached hydrogen (secondary N) is 1. The Morgan fingerprint density at radius 3 is 2.67 bits per heavy atom. The number of ether oxygens (including phenoxy) is 2. The first-order chi connectivity index (χ1) is 16.2. The summed E-state index contributed by atoms with van der Waals surface area (Å²) >= 11 is 1.29. The topological polar surface area (TPSA) is 104 Å². The summed E-state index contributed by atoms with van der Waals surface area (Å²) in [5.74, 6) is 1.84. The van der Waals surface area contributed by atoms with E-state index in [1.54, 1.807) is 36.8 Å². The van der Waals surface area contributed by atoms with Crippen molar-refractivity contribution >= 4 is 23.4 Å². The van der Waals surface area contributed by atoms with Gasteiger partial charge in [0.15, 0.2) is 22.5 Å². The molecule has 0 spiro atoms. The molecule has 0 unspecified atom stereocenters. The minimum atomic E-state index is -0.170. The second-order valence-corrected chi connectivity index (χ2v) is 8.21. The Bertz CT molecular complexity index is 1280. The highest BCUT2D eigenvalue weighted by Crippen LogP contribution is 2.33. The van der Waals surface area contributed by atoms with Crippen LogP contribution in [0.15, 0.2) is 66.2 Å². The number of benzene rings is 2. The molecule has 0 radical (unpaired) electrons. The van der Waals surface area contributed by atoms with Crippen LogP contribution in [0.4, 0.5) is 5.69 Å². The summed E-state index contributed by atoms with van der Waals surface area (Å²) in [4.78, 5) is 21.1. The molecule has 33 heavy (non-hydrogen) atoms. The van der Waals surface area contributed by atoms with E-state index in [0.717, 1.165) is 11.3 Å². The molecule has 5 rings (SSSR count). The van der Waals surface area contributed by atoms with Crippen molar-refractivity contribution in [3.8, 4) is 28.7 Å². The maximum atomic E-state index is 12.6. The lowest BCUT2D eigenvalue weighted by molar-refractivity contribution is -0.113. The van der Waals surface area contributed by atoms with Crippen LogP contribution in [-0.4, -0.2) is 49.6 Å². The quantitative estimate of drug-likeness (QED) is 0.436. The van der Waals surface area contributed by atoms with Crippen LogP contribution < -0.4 is 14.8 Å². The number of aromatic nitrogens is 5. The number of carbonyl (C=O) groups excluding carboxylic acids is 1. The van der Waals surface area contributed by atoms with Gasteiger partial charge in [0.25, 0.3) is 0 Å². The van der Waals surface area contributed by atoms with E-state index in [2.05, 4.69) is 25.5 Å². The summed E-state index contributed by atoms with van der Waals surface area (Å²) in [6.07, 6.45) is 4.85. The van der Waals surface area contributed by atoms with Gasteiger partial charge in [-0.2, -0.15) is 0 Å². The molecule has 2 aromatic heterocycles. The van der Waals surface area contributed by atoms with Crippen molar-refractivity contribution in [1.82, 2.24) is 24.7 Å². The van der Waals surface area contributed by atoms with Crippen LogP contribution in [-0.2, 0) is 4.79 Å². The number of aryl methyl sites for hydroxylation is 1. The predicted octanol–water partition coefficient (Wildman–Crippen LogP) is 3.53. The Kier molecular flexibility index (Phi) is 5.90. The Balaban J connectivity index is 1.35. The van der Waals surface area contributed by atoms with Crippen LogP contribution in [0.25, 0.3) is 17.2 Å². The summed E-state index contributed by atoms with van der Waals surface area (Å²) in [6.45, 7) is 3.04. The number of thioether (sulfide) groups is 1. The zero-order valence-corrected chi connectivity index (χ0v) is 18.6. The van der Waals surface area contributed by atoms with Gasteiger partial charge in [-0.05, 0) is 31.2 Å². The van der Waals surface area contributed by atoms with Gasteiger partial charge in [-0.1, -0.05) is 29.5 Å². The highest BCUT2D eigenvalue weighted by Gasteiger charge is 2.19. The molecule has 10 heteroatoms. The van der Waals surface area contributed by atoms with Crippen LogP contribution in [0, 0.1) is 6.92 Å². The van der Waals surface area contributed by atoms with E-state index < -0.39 is 0 Å². The van der Waals surface area contributed by atoms with Crippen molar-refractivity contribution < 1.29 is 14.3 Å². The number of amides is 1. The number of hydrogen-bond donors (Lipinski definition) is 1. The van der Waals surface area contributed by atoms with Gasteiger partial charge < -0.3 is 14.8 Å². The molecule has 0 atom stereocenters. The average Bonchev–Trinajstić information content (AvgIpc) is 3.28. The summed E-state index contributed by atoms with van der Waals surface area (Å²) in [7, 11) is 0. The van der Waals surface area contributed by atoms with Gasteiger partial charge in [0.1, 0.15) is 18.9 Å². The van der Waals surface area contributed by atoms with Crippen LogP contribution >= 0.6 is 11.8 Å². The fourth-order valence-corrected chi connectivity index (χ4v) is 4.07. The minimum absolute atomic E-state index is 0.152. The summed E-state index contributed by atoms with van der Waals surface area (Å²) in [5, 5.41) is 12.1. The molecule has 1 amide bonds. The molecule has 0 fully saturated rings. The van der Waals surface area contributed by atoms with Crippen LogP contribution in [0.5, 0.6) is 11.5 Å². The lowest BCUT2D eigenvalue weighted by Gasteiger charge is -2.19. The first-order valence-electron chi connectivity index (χ1n) is 10.3. The fourth-order valence-electron chi connectivity index (χ4n) is 3.32. The van der Waals surface area contributed by atoms with E-state index in [4.69, 9.17) is 9.47 Å². The zero-order chi connectivity index (χ0) is 22.6. The predicted molar refractivity (Wildman–Crippen MR) is 124 cm³/mol. The third-order valence-corrected chi connectivity index (χ3v) is 5.81. The molecular formula is C23H20N6O3S. The van der Waals surface area contributed by atoms with Gasteiger partial charge >= 0.3 is 0 Å². The molecule has 2 aromatic carbocycles. The monoisotopic (exact) mass is 460 g/mol. The average molecular weight is 461 g/mol. The molecule has 0 saturated heterocycles. The first-order valence-corrected chi connectivity index (χ1v) is 11.3. The van der Waals surface area contributed by atoms with E-state index in [1.807, 2.05) is 35.8 Å². The van der Waals surface area contributed by atoms with Crippen molar-refractivity contribution in [3.63, 3.8) is 0 Å². The third-order valence-electron chi connectivity index (χ3n) is 4.88. The van der Waals surface area contributed by atoms with Crippen molar-refractivity contribution in [2.24, 2.45) is 0 Å². The normalized spacial score (nSPS) is 12.4. The van der Waals surface area contributed by atoms with Crippen LogP contribution in [0.2, 0.25) is 0 Å². The summed E-state index contributed by atoms with van der Waals surface area (Å²) in [5.41, 5.74) is 3.25. The van der Waals surface area contributed by atoms with E-state index in [1.165, 1.54) is 11.8 Å². The number of anilines is 1. The molecule has 9 nitrogen and oxygen atoms in total. The largest absolute Gasteiger partial charge is 0.486 e. The highest BCUT2D eigenvalue weighted by molar-refractivity contribution is 7.99. The zero-order valence-electron chi connectivity index (χ0n) is 17.8. The van der Waals surface area contributed by atoms with Gasteiger partial charge in [0.2, 0.25) is 5.91 Å². The Morgan fingerprint density at radius 1 is 1.06 bits per heavy atom. The van der Waals surface area contributed by atoms with E-state index >= 15 is 0 Å². The van der Waals surface area contributed by atoms with Gasteiger partial charge in [0.05, 0.1) is 11.9 Å². The molecule has 1 N–H and O–H groups in total. The molecule has 4 aromatic rings. The van der Waals surface area contributed by atoms with Gasteiger partial charge in [-0.15, -0.1) is 10.2 Å². The molecule has 0 bridgehead atoms. The van der Waals surface area contributed by atoms with Gasteiger partial charge in [-0.3, -0.25) is 14.3 Å². The lowest BCUT2D eigenvalue weighted by Crippen LogP contribution is -2.17. The minimum Gasteiger partial charge on any atom is -0.486 e. The van der Waals surface area contributed by atoms with Crippen LogP contribution in [0.3, 0.4) is 0 Å². The number of carbonyl (C=O) groups is 1. The van der Waals surface area contributed by atoms with E-state index in [9.17, 15) is 4.79 Å². The van der Waals surface area contributed by atoms with Crippen molar-refractivity contribution in [1.29, 1.82) is 0 Å². The molecule has 0 aliphatic carbocycles. The van der Waals surface area contributed by atoms with E-state index in [0.29, 0.717) is 47.1 Å². The Labute approximate surface area is 194 Å². The molecular weight excluding hydrogens is 440 g/mol. The summed E-state index contributed by atoms with van der Waals surface area (Å²) in [6, 6.07) is 13.3. The number of fused-ring (bicyclic) bond motifs is 1. The molecule has 1 aliphatic heterocycles. The molecule has 1 aliphatic rings. The van der Waals surface area contributed by atoms with Gasteiger partial charge in [-0.25, -0.2) is 4.98 Å². The van der Waals surface area contributed by atoms with Crippen molar-refractivity contribution in [2.45, 2.75) is 12.1 Å². The van der Waals surface area contributed by atoms with Crippen LogP contribution in [0.1, 0.15) is 5.56 Å². The molecule has 166 valence electrons. The third kappa shape index (κ3) is 4.65. The Hall–Kier alpha value is -3.92. The molecule has 3 heterocycles. The van der Waals surface area contributed by atoms with E-state index in [-0.39, 0.29) is 11.7 Å². The standard InChI is InChI=1S/C23H20N6O3S/c1-15-2-5-17(6-3-15)29-22(18-13-24-8-9-25-18)27-28-23(29)33-14-21(30)26-16-4-7-19-20(12-16)32-11-10-31-19/h2-9,12-13H,10-11,14H2,1H3,(H,26,30). The summed E-state index contributed by atoms with van der Waals surface area (Å²) < 4.78 is 13.0. The lowest BCUT2D eigenvalue weighted by atomic mass is 10.2. The smallest absolute Gasteiger partial charge is 0.234 e. The second kappa shape index (κ2) is 9.29. The maximum absolute atomic E-state index is 12.6. The van der Waals surface area contributed by atoms with Crippen molar-refractivity contribution in [2.75, 3.05) is 24.3 Å². The first kappa shape index (κ1) is 21.0. The number of nitrogens with zero attached hydrogens (tertiary/aromatic N) is 5. The fraction of sp³-hybridized carbons (Fsp3) is 0.174. The number of rotatable bonds is 6. The maximum Gasteiger partial charge on any atom is 0.234 e. The van der Waals surface area contributed by atoms with Gasteiger partial charge in [0, 0.05) is 29.8 Å². The Morgan fingerprint density at radius 2 is 1.88 bits per heavy atom.